The van der Waals surface area contributed by atoms with Crippen molar-refractivity contribution in [1.29, 1.82) is 0 Å². The third kappa shape index (κ3) is 4.33. The van der Waals surface area contributed by atoms with Gasteiger partial charge in [-0.3, -0.25) is 4.79 Å². The molecule has 0 fully saturated rings. The van der Waals surface area contributed by atoms with Gasteiger partial charge in [0.05, 0.1) is 12.7 Å². The van der Waals surface area contributed by atoms with E-state index in [0.717, 1.165) is 10.9 Å². The highest BCUT2D eigenvalue weighted by atomic mass is 79.9. The van der Waals surface area contributed by atoms with Crippen LogP contribution in [0.3, 0.4) is 0 Å². The summed E-state index contributed by atoms with van der Waals surface area (Å²) in [6.07, 6.45) is 0.786. The van der Waals surface area contributed by atoms with Crippen molar-refractivity contribution in [2.45, 2.75) is 19.4 Å². The fourth-order valence-electron chi connectivity index (χ4n) is 2.16. The first-order valence-corrected chi connectivity index (χ1v) is 7.58. The zero-order valence-corrected chi connectivity index (χ0v) is 13.7. The number of para-hydroxylation sites is 1. The number of methoxy groups -OCH3 is 1. The van der Waals surface area contributed by atoms with Gasteiger partial charge in [0.1, 0.15) is 5.75 Å². The van der Waals surface area contributed by atoms with Gasteiger partial charge in [-0.2, -0.15) is 0 Å². The maximum absolute atomic E-state index is 12.3. The van der Waals surface area contributed by atoms with Gasteiger partial charge < -0.3 is 10.1 Å². The lowest BCUT2D eigenvalue weighted by Crippen LogP contribution is -2.34. The summed E-state index contributed by atoms with van der Waals surface area (Å²) in [6.45, 7) is 2.00. The van der Waals surface area contributed by atoms with Gasteiger partial charge in [0, 0.05) is 10.5 Å². The number of ether oxygens (including phenoxy) is 1. The molecule has 0 unspecified atom stereocenters. The quantitative estimate of drug-likeness (QED) is 0.892. The van der Waals surface area contributed by atoms with Gasteiger partial charge in [0.2, 0.25) is 0 Å². The largest absolute Gasteiger partial charge is 0.496 e. The lowest BCUT2D eigenvalue weighted by Gasteiger charge is -2.15. The Kier molecular flexibility index (Phi) is 5.39. The Morgan fingerprint density at radius 3 is 2.52 bits per heavy atom. The summed E-state index contributed by atoms with van der Waals surface area (Å²) in [7, 11) is 1.57. The topological polar surface area (TPSA) is 38.3 Å². The molecule has 0 aliphatic rings. The van der Waals surface area contributed by atoms with Gasteiger partial charge in [-0.1, -0.05) is 40.2 Å². The van der Waals surface area contributed by atoms with Crippen LogP contribution in [0, 0.1) is 0 Å². The molecule has 0 radical (unpaired) electrons. The molecule has 1 atom stereocenters. The molecule has 0 heterocycles. The minimum atomic E-state index is -0.114. The van der Waals surface area contributed by atoms with E-state index in [2.05, 4.69) is 33.4 Å². The van der Waals surface area contributed by atoms with Crippen LogP contribution in [-0.2, 0) is 6.42 Å². The van der Waals surface area contributed by atoms with Crippen LogP contribution < -0.4 is 10.1 Å². The molecule has 0 aliphatic carbocycles. The number of hydrogen-bond donors (Lipinski definition) is 1. The van der Waals surface area contributed by atoms with E-state index in [0.29, 0.717) is 11.3 Å². The Morgan fingerprint density at radius 2 is 1.86 bits per heavy atom. The Labute approximate surface area is 133 Å². The lowest BCUT2D eigenvalue weighted by molar-refractivity contribution is 0.0937. The fraction of sp³-hybridized carbons (Fsp3) is 0.235. The predicted octanol–water partition coefficient (Wildman–Crippen LogP) is 3.82. The fourth-order valence-corrected chi connectivity index (χ4v) is 2.42. The molecule has 4 heteroatoms. The lowest BCUT2D eigenvalue weighted by atomic mass is 10.1. The van der Waals surface area contributed by atoms with Crippen molar-refractivity contribution in [3.8, 4) is 5.75 Å². The average Bonchev–Trinajstić information content (AvgIpc) is 2.49. The first-order chi connectivity index (χ1) is 10.1. The zero-order chi connectivity index (χ0) is 15.2. The molecule has 0 saturated heterocycles. The molecule has 1 amide bonds. The first kappa shape index (κ1) is 15.6. The van der Waals surface area contributed by atoms with Crippen molar-refractivity contribution in [2.24, 2.45) is 0 Å². The van der Waals surface area contributed by atoms with Crippen LogP contribution >= 0.6 is 15.9 Å². The van der Waals surface area contributed by atoms with Crippen LogP contribution in [0.5, 0.6) is 5.75 Å². The van der Waals surface area contributed by atoms with Crippen LogP contribution in [-0.4, -0.2) is 19.1 Å². The molecule has 0 saturated carbocycles. The van der Waals surface area contributed by atoms with E-state index in [1.165, 1.54) is 5.56 Å². The van der Waals surface area contributed by atoms with Crippen LogP contribution in [0.4, 0.5) is 0 Å². The molecule has 21 heavy (non-hydrogen) atoms. The Balaban J connectivity index is 2.00. The normalized spacial score (nSPS) is 11.8. The number of halogens is 1. The van der Waals surface area contributed by atoms with E-state index in [9.17, 15) is 4.79 Å². The highest BCUT2D eigenvalue weighted by Crippen LogP contribution is 2.17. The summed E-state index contributed by atoms with van der Waals surface area (Å²) in [6, 6.07) is 15.4. The Bertz CT molecular complexity index is 610. The minimum Gasteiger partial charge on any atom is -0.496 e. The Hall–Kier alpha value is -1.81. The van der Waals surface area contributed by atoms with Gasteiger partial charge in [-0.15, -0.1) is 0 Å². The maximum Gasteiger partial charge on any atom is 0.255 e. The monoisotopic (exact) mass is 347 g/mol. The third-order valence-corrected chi connectivity index (χ3v) is 3.71. The van der Waals surface area contributed by atoms with Gasteiger partial charge in [-0.05, 0) is 43.2 Å². The minimum absolute atomic E-state index is 0.0450. The molecule has 0 bridgehead atoms. The molecule has 110 valence electrons. The second kappa shape index (κ2) is 7.27. The van der Waals surface area contributed by atoms with Crippen molar-refractivity contribution >= 4 is 21.8 Å². The summed E-state index contributed by atoms with van der Waals surface area (Å²) in [5.41, 5.74) is 1.74. The highest BCUT2D eigenvalue weighted by molar-refractivity contribution is 9.10. The summed E-state index contributed by atoms with van der Waals surface area (Å²) in [5, 5.41) is 3.00. The van der Waals surface area contributed by atoms with E-state index < -0.39 is 0 Å². The van der Waals surface area contributed by atoms with E-state index in [4.69, 9.17) is 4.74 Å². The van der Waals surface area contributed by atoms with Crippen molar-refractivity contribution in [1.82, 2.24) is 5.32 Å². The maximum atomic E-state index is 12.3. The van der Waals surface area contributed by atoms with Crippen LogP contribution in [0.1, 0.15) is 22.8 Å². The second-order valence-electron chi connectivity index (χ2n) is 4.91. The van der Waals surface area contributed by atoms with E-state index >= 15 is 0 Å². The van der Waals surface area contributed by atoms with Crippen LogP contribution in [0.25, 0.3) is 0 Å². The Morgan fingerprint density at radius 1 is 1.19 bits per heavy atom. The molecule has 2 rings (SSSR count). The summed E-state index contributed by atoms with van der Waals surface area (Å²) in [4.78, 5) is 12.3. The van der Waals surface area contributed by atoms with Gasteiger partial charge >= 0.3 is 0 Å². The van der Waals surface area contributed by atoms with Crippen LogP contribution in [0.15, 0.2) is 53.0 Å². The average molecular weight is 348 g/mol. The standard InChI is InChI=1S/C17H18BrNO2/c1-12(11-13-7-9-14(18)10-8-13)19-17(20)15-5-3-4-6-16(15)21-2/h3-10,12H,11H2,1-2H3,(H,19,20)/t12-/m1/s1. The molecule has 2 aromatic carbocycles. The van der Waals surface area contributed by atoms with Crippen molar-refractivity contribution < 1.29 is 9.53 Å². The highest BCUT2D eigenvalue weighted by Gasteiger charge is 2.14. The summed E-state index contributed by atoms with van der Waals surface area (Å²) in [5.74, 6) is 0.475. The van der Waals surface area contributed by atoms with E-state index in [1.54, 1.807) is 19.2 Å². The van der Waals surface area contributed by atoms with Crippen LogP contribution in [0.2, 0.25) is 0 Å². The number of nitrogens with one attached hydrogen (secondary N) is 1. The van der Waals surface area contributed by atoms with Gasteiger partial charge in [-0.25, -0.2) is 0 Å². The molecule has 0 spiro atoms. The smallest absolute Gasteiger partial charge is 0.255 e. The van der Waals surface area contributed by atoms with E-state index in [-0.39, 0.29) is 11.9 Å². The predicted molar refractivity (Wildman–Crippen MR) is 87.8 cm³/mol. The number of amides is 1. The molecule has 2 aromatic rings. The molecular weight excluding hydrogens is 330 g/mol. The zero-order valence-electron chi connectivity index (χ0n) is 12.1. The van der Waals surface area contributed by atoms with Gasteiger partial charge in [0.25, 0.3) is 5.91 Å². The number of benzene rings is 2. The first-order valence-electron chi connectivity index (χ1n) is 6.78. The van der Waals surface area contributed by atoms with Crippen molar-refractivity contribution in [3.63, 3.8) is 0 Å². The molecule has 3 nitrogen and oxygen atoms in total. The number of hydrogen-bond acceptors (Lipinski definition) is 2. The van der Waals surface area contributed by atoms with Crippen molar-refractivity contribution in [2.75, 3.05) is 7.11 Å². The number of carbonyl (C=O) groups excluding carboxylic acids is 1. The van der Waals surface area contributed by atoms with E-state index in [1.807, 2.05) is 31.2 Å². The third-order valence-electron chi connectivity index (χ3n) is 3.18. The van der Waals surface area contributed by atoms with Crippen molar-refractivity contribution in [3.05, 3.63) is 64.1 Å². The SMILES string of the molecule is COc1ccccc1C(=O)N[C@H](C)Cc1ccc(Br)cc1. The molecule has 0 aliphatic heterocycles. The second-order valence-corrected chi connectivity index (χ2v) is 5.82. The number of rotatable bonds is 5. The summed E-state index contributed by atoms with van der Waals surface area (Å²) >= 11 is 3.41. The van der Waals surface area contributed by atoms with Gasteiger partial charge in [0.15, 0.2) is 0 Å². The molecule has 0 aromatic heterocycles. The molecule has 1 N–H and O–H groups in total. The number of carbonyl (C=O) groups is 1. The summed E-state index contributed by atoms with van der Waals surface area (Å²) < 4.78 is 6.27. The molecular formula is C17H18BrNO2.